The second-order valence-corrected chi connectivity index (χ2v) is 6.11. The van der Waals surface area contributed by atoms with Crippen molar-refractivity contribution >= 4 is 29.5 Å². The molecule has 0 radical (unpaired) electrons. The molecule has 1 amide bonds. The number of nitrogens with one attached hydrogen (secondary N) is 2. The summed E-state index contributed by atoms with van der Waals surface area (Å²) in [6.07, 6.45) is 6.26. The van der Waals surface area contributed by atoms with Gasteiger partial charge in [0.05, 0.1) is 11.1 Å². The van der Waals surface area contributed by atoms with Gasteiger partial charge in [-0.2, -0.15) is 0 Å². The Labute approximate surface area is 141 Å². The topological polar surface area (TPSA) is 95.1 Å². The van der Waals surface area contributed by atoms with E-state index >= 15 is 0 Å². The van der Waals surface area contributed by atoms with Crippen LogP contribution in [0, 0.1) is 11.3 Å². The summed E-state index contributed by atoms with van der Waals surface area (Å²) in [4.78, 5) is 18.6. The Balaban J connectivity index is 1.98. The number of likely N-dealkylation sites (tertiary alicyclic amines) is 1. The molecule has 0 aliphatic carbocycles. The van der Waals surface area contributed by atoms with Crippen LogP contribution in [0.4, 0.5) is 5.82 Å². The molecule has 1 aliphatic rings. The van der Waals surface area contributed by atoms with Crippen molar-refractivity contribution in [3.8, 4) is 0 Å². The van der Waals surface area contributed by atoms with E-state index in [1.807, 2.05) is 6.92 Å². The van der Waals surface area contributed by atoms with E-state index < -0.39 is 0 Å². The van der Waals surface area contributed by atoms with Gasteiger partial charge in [0, 0.05) is 19.0 Å². The summed E-state index contributed by atoms with van der Waals surface area (Å²) in [5, 5.41) is 10.8. The molecule has 4 N–H and O–H groups in total. The lowest BCUT2D eigenvalue weighted by atomic mass is 9.90. The maximum atomic E-state index is 12.4. The Kier molecular flexibility index (Phi) is 6.12. The van der Waals surface area contributed by atoms with Crippen molar-refractivity contribution in [3.05, 3.63) is 35.1 Å². The van der Waals surface area contributed by atoms with Gasteiger partial charge in [0.1, 0.15) is 5.82 Å². The minimum atomic E-state index is -0.278. The van der Waals surface area contributed by atoms with E-state index in [2.05, 4.69) is 15.2 Å². The molecular weight excluding hydrogens is 314 g/mol. The van der Waals surface area contributed by atoms with Crippen LogP contribution in [0.15, 0.2) is 30.1 Å². The number of hydrogen-bond donors (Lipinski definition) is 3. The number of amides is 1. The zero-order valence-corrected chi connectivity index (χ0v) is 13.9. The summed E-state index contributed by atoms with van der Waals surface area (Å²) in [6, 6.07) is 3.09. The Morgan fingerprint density at radius 1 is 1.61 bits per heavy atom. The van der Waals surface area contributed by atoms with Gasteiger partial charge in [-0.25, -0.2) is 4.98 Å². The fraction of sp³-hybridized carbons (Fsp3) is 0.438. The first-order chi connectivity index (χ1) is 11.0. The zero-order valence-electron chi connectivity index (χ0n) is 13.1. The second kappa shape index (κ2) is 8.08. The quantitative estimate of drug-likeness (QED) is 0.719. The van der Waals surface area contributed by atoms with Crippen LogP contribution >= 0.6 is 11.6 Å². The molecule has 2 atom stereocenters. The van der Waals surface area contributed by atoms with Crippen LogP contribution in [-0.4, -0.2) is 41.1 Å². The summed E-state index contributed by atoms with van der Waals surface area (Å²) < 4.78 is 0. The molecule has 7 heteroatoms. The second-order valence-electron chi connectivity index (χ2n) is 5.67. The Morgan fingerprint density at radius 2 is 2.39 bits per heavy atom. The molecule has 2 rings (SSSR count). The molecule has 0 spiro atoms. The summed E-state index contributed by atoms with van der Waals surface area (Å²) in [5.41, 5.74) is 6.40. The smallest absolute Gasteiger partial charge is 0.242 e. The third-order valence-corrected chi connectivity index (χ3v) is 4.41. The number of halogens is 1. The molecule has 0 bridgehead atoms. The number of carbonyl (C=O) groups excluding carboxylic acids is 1. The highest BCUT2D eigenvalue weighted by Gasteiger charge is 2.28. The van der Waals surface area contributed by atoms with E-state index in [9.17, 15) is 4.79 Å². The molecule has 1 saturated heterocycles. The number of hydrogen-bond acceptors (Lipinski definition) is 5. The predicted octanol–water partition coefficient (Wildman–Crippen LogP) is 2.27. The molecule has 6 nitrogen and oxygen atoms in total. The van der Waals surface area contributed by atoms with Gasteiger partial charge in [-0.15, -0.1) is 0 Å². The lowest BCUT2D eigenvalue weighted by Gasteiger charge is -2.36. The Bertz CT molecular complexity index is 587. The number of rotatable bonds is 5. The van der Waals surface area contributed by atoms with Crippen LogP contribution in [0.25, 0.3) is 0 Å². The molecule has 2 heterocycles. The first-order valence-electron chi connectivity index (χ1n) is 7.64. The molecule has 0 unspecified atom stereocenters. The number of aromatic nitrogens is 1. The maximum absolute atomic E-state index is 12.4. The van der Waals surface area contributed by atoms with Crippen LogP contribution in [0.5, 0.6) is 0 Å². The molecule has 124 valence electrons. The first-order valence-corrected chi connectivity index (χ1v) is 8.01. The minimum absolute atomic E-state index is 0.103. The van der Waals surface area contributed by atoms with E-state index in [1.165, 1.54) is 18.6 Å². The highest BCUT2D eigenvalue weighted by Crippen LogP contribution is 2.24. The number of piperidine rings is 1. The summed E-state index contributed by atoms with van der Waals surface area (Å²) in [7, 11) is 0. The Morgan fingerprint density at radius 3 is 3.00 bits per heavy atom. The van der Waals surface area contributed by atoms with E-state index in [0.717, 1.165) is 31.5 Å². The van der Waals surface area contributed by atoms with Crippen LogP contribution in [0.3, 0.4) is 0 Å². The van der Waals surface area contributed by atoms with Gasteiger partial charge in [0.25, 0.3) is 0 Å². The molecule has 23 heavy (non-hydrogen) atoms. The fourth-order valence-corrected chi connectivity index (χ4v) is 2.89. The molecule has 1 fully saturated rings. The minimum Gasteiger partial charge on any atom is -0.404 e. The third kappa shape index (κ3) is 4.53. The number of carbonyl (C=O) groups is 1. The molecule has 0 saturated carbocycles. The van der Waals surface area contributed by atoms with Crippen molar-refractivity contribution in [2.45, 2.75) is 25.8 Å². The number of nitrogens with two attached hydrogens (primary N) is 1. The monoisotopic (exact) mass is 335 g/mol. The summed E-state index contributed by atoms with van der Waals surface area (Å²) in [5.74, 6) is 0.589. The van der Waals surface area contributed by atoms with Crippen molar-refractivity contribution in [1.82, 2.24) is 9.88 Å². The van der Waals surface area contributed by atoms with Gasteiger partial charge >= 0.3 is 0 Å². The average Bonchev–Trinajstić information content (AvgIpc) is 2.57. The molecule has 0 aromatic carbocycles. The molecular formula is C16H22ClN5O. The highest BCUT2D eigenvalue weighted by atomic mass is 35.5. The number of pyridine rings is 1. The van der Waals surface area contributed by atoms with E-state index in [-0.39, 0.29) is 17.9 Å². The van der Waals surface area contributed by atoms with Gasteiger partial charge in [-0.05, 0) is 56.1 Å². The zero-order chi connectivity index (χ0) is 16.8. The SMILES string of the molecule is C[C@@H](C(=O)Nc1ccc(Cl)cn1)N1CCC[C@H](/C(C=N)=C/N)C1. The van der Waals surface area contributed by atoms with Crippen LogP contribution in [0.2, 0.25) is 5.02 Å². The van der Waals surface area contributed by atoms with Gasteiger partial charge in [-0.3, -0.25) is 9.69 Å². The van der Waals surface area contributed by atoms with Crippen LogP contribution in [0.1, 0.15) is 19.8 Å². The standard InChI is InChI=1S/C16H22ClN5O/c1-11(16(23)21-15-5-4-14(17)9-20-15)22-6-2-3-12(10-22)13(7-18)8-19/h4-5,7-9,11-12,18H,2-3,6,10,19H2,1H3,(H,20,21,23)/b13-8+,18-7?/t11-,12-/m0/s1. The van der Waals surface area contributed by atoms with E-state index in [4.69, 9.17) is 22.7 Å². The van der Waals surface area contributed by atoms with Gasteiger partial charge in [-0.1, -0.05) is 11.6 Å². The van der Waals surface area contributed by atoms with Crippen molar-refractivity contribution in [1.29, 1.82) is 5.41 Å². The largest absolute Gasteiger partial charge is 0.404 e. The highest BCUT2D eigenvalue weighted by molar-refractivity contribution is 6.30. The predicted molar refractivity (Wildman–Crippen MR) is 92.7 cm³/mol. The van der Waals surface area contributed by atoms with Crippen molar-refractivity contribution in [2.24, 2.45) is 11.7 Å². The average molecular weight is 336 g/mol. The lowest BCUT2D eigenvalue weighted by molar-refractivity contribution is -0.121. The van der Waals surface area contributed by atoms with Crippen molar-refractivity contribution in [3.63, 3.8) is 0 Å². The van der Waals surface area contributed by atoms with Crippen molar-refractivity contribution in [2.75, 3.05) is 18.4 Å². The lowest BCUT2D eigenvalue weighted by Crippen LogP contribution is -2.47. The summed E-state index contributed by atoms with van der Waals surface area (Å²) in [6.45, 7) is 3.46. The van der Waals surface area contributed by atoms with Crippen LogP contribution < -0.4 is 11.1 Å². The normalized spacial score (nSPS) is 20.8. The first kappa shape index (κ1) is 17.4. The fourth-order valence-electron chi connectivity index (χ4n) is 2.78. The van der Waals surface area contributed by atoms with E-state index in [1.54, 1.807) is 12.1 Å². The summed E-state index contributed by atoms with van der Waals surface area (Å²) >= 11 is 5.79. The number of anilines is 1. The van der Waals surface area contributed by atoms with Gasteiger partial charge < -0.3 is 16.5 Å². The Hall–Kier alpha value is -1.92. The van der Waals surface area contributed by atoms with Gasteiger partial charge in [0.2, 0.25) is 5.91 Å². The molecule has 1 aromatic heterocycles. The number of nitrogens with zero attached hydrogens (tertiary/aromatic N) is 2. The third-order valence-electron chi connectivity index (χ3n) is 4.19. The molecule has 1 aliphatic heterocycles. The van der Waals surface area contributed by atoms with E-state index in [0.29, 0.717) is 10.8 Å². The maximum Gasteiger partial charge on any atom is 0.242 e. The van der Waals surface area contributed by atoms with Crippen LogP contribution in [-0.2, 0) is 4.79 Å². The van der Waals surface area contributed by atoms with Crippen molar-refractivity contribution < 1.29 is 4.79 Å². The molecule has 1 aromatic rings. The van der Waals surface area contributed by atoms with Gasteiger partial charge in [0.15, 0.2) is 0 Å².